The van der Waals surface area contributed by atoms with Crippen LogP contribution in [0.1, 0.15) is 41.7 Å². The molecule has 0 spiro atoms. The lowest BCUT2D eigenvalue weighted by Crippen LogP contribution is -2.32. The molecule has 0 saturated carbocycles. The average Bonchev–Trinajstić information content (AvgIpc) is 3.89. The van der Waals surface area contributed by atoms with Gasteiger partial charge in [-0.2, -0.15) is 0 Å². The van der Waals surface area contributed by atoms with E-state index in [-0.39, 0.29) is 18.3 Å². The fourth-order valence-corrected chi connectivity index (χ4v) is 5.82. The summed E-state index contributed by atoms with van der Waals surface area (Å²) >= 11 is 0. The summed E-state index contributed by atoms with van der Waals surface area (Å²) in [5.41, 5.74) is 5.91. The molecule has 6 rings (SSSR count). The Kier molecular flexibility index (Phi) is 9.63. The lowest BCUT2D eigenvalue weighted by Gasteiger charge is -2.38. The van der Waals surface area contributed by atoms with E-state index in [2.05, 4.69) is 98.5 Å². The van der Waals surface area contributed by atoms with Crippen LogP contribution in [0.5, 0.6) is 11.5 Å². The van der Waals surface area contributed by atoms with Crippen molar-refractivity contribution >= 4 is 0 Å². The molecule has 0 N–H and O–H groups in total. The molecule has 6 heteroatoms. The van der Waals surface area contributed by atoms with Gasteiger partial charge in [0.15, 0.2) is 0 Å². The summed E-state index contributed by atoms with van der Waals surface area (Å²) in [7, 11) is 0. The standard InChI is InChI=1S/C38H42O6/c1-4-10-29(11-5-2)38(30-12-8-7-9-13-30,32-15-17-37(44-26-35-24-42-35)28(19-32)21-39-6-3)31-14-16-36(43-25-34-23-41-34)27(18-31)20-33-22-40-33/h4-5,7-19,33-35H,1,6,20-26H2,2-3H3/b11-5-,29-10+. The number of hydrogen-bond acceptors (Lipinski definition) is 6. The Morgan fingerprint density at radius 3 is 1.95 bits per heavy atom. The lowest BCUT2D eigenvalue weighted by molar-refractivity contribution is 0.130. The molecular weight excluding hydrogens is 552 g/mol. The molecule has 0 aromatic heterocycles. The van der Waals surface area contributed by atoms with Gasteiger partial charge in [0.1, 0.15) is 36.9 Å². The van der Waals surface area contributed by atoms with Gasteiger partial charge in [-0.1, -0.05) is 79.4 Å². The minimum Gasteiger partial charge on any atom is -0.491 e. The molecule has 3 aliphatic rings. The third kappa shape index (κ3) is 7.00. The Labute approximate surface area is 260 Å². The Morgan fingerprint density at radius 2 is 1.41 bits per heavy atom. The highest BCUT2D eigenvalue weighted by atomic mass is 16.6. The second-order valence-corrected chi connectivity index (χ2v) is 11.4. The third-order valence-electron chi connectivity index (χ3n) is 8.24. The second-order valence-electron chi connectivity index (χ2n) is 11.4. The number of hydrogen-bond donors (Lipinski definition) is 0. The summed E-state index contributed by atoms with van der Waals surface area (Å²) < 4.78 is 35.0. The van der Waals surface area contributed by atoms with Gasteiger partial charge >= 0.3 is 0 Å². The van der Waals surface area contributed by atoms with Crippen molar-refractivity contribution in [2.75, 3.05) is 39.6 Å². The summed E-state index contributed by atoms with van der Waals surface area (Å²) in [6, 6.07) is 23.8. The van der Waals surface area contributed by atoms with Gasteiger partial charge in [-0.15, -0.1) is 0 Å². The summed E-state index contributed by atoms with van der Waals surface area (Å²) in [5, 5.41) is 0. The fraction of sp³-hybridized carbons (Fsp3) is 0.368. The molecule has 3 saturated heterocycles. The molecule has 4 atom stereocenters. The van der Waals surface area contributed by atoms with E-state index in [0.717, 1.165) is 71.1 Å². The number of rotatable bonds is 17. The van der Waals surface area contributed by atoms with Crippen LogP contribution in [0.3, 0.4) is 0 Å². The molecular formula is C38H42O6. The molecule has 3 aliphatic heterocycles. The van der Waals surface area contributed by atoms with Gasteiger partial charge in [0, 0.05) is 18.6 Å². The highest BCUT2D eigenvalue weighted by Crippen LogP contribution is 2.48. The average molecular weight is 595 g/mol. The van der Waals surface area contributed by atoms with Crippen LogP contribution in [-0.2, 0) is 37.4 Å². The van der Waals surface area contributed by atoms with Crippen LogP contribution in [0.15, 0.2) is 103 Å². The maximum absolute atomic E-state index is 6.29. The largest absolute Gasteiger partial charge is 0.491 e. The smallest absolute Gasteiger partial charge is 0.124 e. The van der Waals surface area contributed by atoms with Crippen molar-refractivity contribution in [1.82, 2.24) is 0 Å². The molecule has 3 heterocycles. The molecule has 3 fully saturated rings. The van der Waals surface area contributed by atoms with Crippen LogP contribution in [0.25, 0.3) is 0 Å². The van der Waals surface area contributed by atoms with Gasteiger partial charge in [-0.25, -0.2) is 0 Å². The number of benzene rings is 3. The highest BCUT2D eigenvalue weighted by Gasteiger charge is 2.40. The van der Waals surface area contributed by atoms with E-state index in [1.54, 1.807) is 0 Å². The summed E-state index contributed by atoms with van der Waals surface area (Å²) in [6.07, 6.45) is 9.59. The molecule has 0 bridgehead atoms. The summed E-state index contributed by atoms with van der Waals surface area (Å²) in [4.78, 5) is 0. The first-order valence-corrected chi connectivity index (χ1v) is 15.6. The molecule has 3 aromatic rings. The Morgan fingerprint density at radius 1 is 0.818 bits per heavy atom. The quantitative estimate of drug-likeness (QED) is 0.0980. The highest BCUT2D eigenvalue weighted by molar-refractivity contribution is 5.64. The zero-order chi connectivity index (χ0) is 30.4. The molecule has 3 aromatic carbocycles. The second kappa shape index (κ2) is 14.0. The van der Waals surface area contributed by atoms with Crippen LogP contribution in [-0.4, -0.2) is 58.0 Å². The molecule has 0 radical (unpaired) electrons. The van der Waals surface area contributed by atoms with Crippen LogP contribution >= 0.6 is 0 Å². The predicted octanol–water partition coefficient (Wildman–Crippen LogP) is 6.74. The first kappa shape index (κ1) is 30.4. The Hall–Kier alpha value is -3.68. The van der Waals surface area contributed by atoms with Crippen molar-refractivity contribution < 1.29 is 28.4 Å². The zero-order valence-corrected chi connectivity index (χ0v) is 25.7. The Bertz CT molecular complexity index is 1480. The van der Waals surface area contributed by atoms with Crippen molar-refractivity contribution in [3.05, 3.63) is 131 Å². The van der Waals surface area contributed by atoms with E-state index in [9.17, 15) is 0 Å². The first-order valence-electron chi connectivity index (χ1n) is 15.6. The fourth-order valence-electron chi connectivity index (χ4n) is 5.82. The van der Waals surface area contributed by atoms with Gasteiger partial charge in [-0.05, 0) is 59.9 Å². The van der Waals surface area contributed by atoms with E-state index in [4.69, 9.17) is 28.4 Å². The van der Waals surface area contributed by atoms with Crippen molar-refractivity contribution in [2.24, 2.45) is 0 Å². The molecule has 44 heavy (non-hydrogen) atoms. The van der Waals surface area contributed by atoms with Crippen molar-refractivity contribution in [1.29, 1.82) is 0 Å². The van der Waals surface area contributed by atoms with Crippen LogP contribution in [0, 0.1) is 0 Å². The van der Waals surface area contributed by atoms with Gasteiger partial charge in [0.25, 0.3) is 0 Å². The maximum atomic E-state index is 6.29. The molecule has 0 amide bonds. The third-order valence-corrected chi connectivity index (χ3v) is 8.24. The molecule has 230 valence electrons. The van der Waals surface area contributed by atoms with E-state index >= 15 is 0 Å². The zero-order valence-electron chi connectivity index (χ0n) is 25.7. The minimum absolute atomic E-state index is 0.163. The lowest BCUT2D eigenvalue weighted by atomic mass is 9.64. The number of epoxide rings is 3. The normalized spacial score (nSPS) is 22.0. The van der Waals surface area contributed by atoms with E-state index in [1.807, 2.05) is 13.0 Å². The van der Waals surface area contributed by atoms with E-state index < -0.39 is 5.41 Å². The van der Waals surface area contributed by atoms with Crippen molar-refractivity contribution in [3.8, 4) is 11.5 Å². The topological polar surface area (TPSA) is 65.3 Å². The summed E-state index contributed by atoms with van der Waals surface area (Å²) in [5.74, 6) is 1.70. The Balaban J connectivity index is 1.55. The molecule has 6 nitrogen and oxygen atoms in total. The van der Waals surface area contributed by atoms with Crippen LogP contribution in [0.2, 0.25) is 0 Å². The predicted molar refractivity (Wildman–Crippen MR) is 172 cm³/mol. The number of allylic oxidation sites excluding steroid dienone is 5. The van der Waals surface area contributed by atoms with Crippen molar-refractivity contribution in [2.45, 2.75) is 50.6 Å². The number of ether oxygens (including phenoxy) is 6. The minimum atomic E-state index is -0.682. The van der Waals surface area contributed by atoms with E-state index in [0.29, 0.717) is 26.4 Å². The van der Waals surface area contributed by atoms with Crippen LogP contribution < -0.4 is 9.47 Å². The molecule has 4 unspecified atom stereocenters. The molecule has 0 aliphatic carbocycles. The van der Waals surface area contributed by atoms with Crippen LogP contribution in [0.4, 0.5) is 0 Å². The first-order chi connectivity index (χ1) is 21.6. The summed E-state index contributed by atoms with van der Waals surface area (Å²) in [6.45, 7) is 12.6. The van der Waals surface area contributed by atoms with Crippen molar-refractivity contribution in [3.63, 3.8) is 0 Å². The maximum Gasteiger partial charge on any atom is 0.124 e. The monoisotopic (exact) mass is 594 g/mol. The van der Waals surface area contributed by atoms with Gasteiger partial charge in [0.05, 0.1) is 37.9 Å². The SMILES string of the molecule is C=C/C=C(\C=C/C)C(c1ccccc1)(c1ccc(OCC2CO2)c(COCC)c1)c1ccc(OCC2CO2)c(CC2CO2)c1. The van der Waals surface area contributed by atoms with Gasteiger partial charge in [-0.3, -0.25) is 0 Å². The van der Waals surface area contributed by atoms with E-state index in [1.165, 1.54) is 0 Å². The van der Waals surface area contributed by atoms with Gasteiger partial charge in [0.2, 0.25) is 0 Å². The van der Waals surface area contributed by atoms with Gasteiger partial charge < -0.3 is 28.4 Å².